The molecular formula is C21H27N3. The van der Waals surface area contributed by atoms with Crippen LogP contribution in [0.15, 0.2) is 42.9 Å². The number of hydrogen-bond donors (Lipinski definition) is 0. The lowest BCUT2D eigenvalue weighted by Crippen LogP contribution is -2.37. The van der Waals surface area contributed by atoms with Gasteiger partial charge in [-0.2, -0.15) is 0 Å². The Labute approximate surface area is 145 Å². The molecule has 24 heavy (non-hydrogen) atoms. The van der Waals surface area contributed by atoms with E-state index in [9.17, 15) is 0 Å². The van der Waals surface area contributed by atoms with Crippen molar-refractivity contribution in [2.75, 3.05) is 9.80 Å². The van der Waals surface area contributed by atoms with Crippen LogP contribution in [0.4, 0.5) is 11.4 Å². The van der Waals surface area contributed by atoms with Crippen LogP contribution in [0.1, 0.15) is 49.1 Å². The number of benzene rings is 1. The predicted molar refractivity (Wildman–Crippen MR) is 103 cm³/mol. The fourth-order valence-corrected chi connectivity index (χ4v) is 3.44. The van der Waals surface area contributed by atoms with Crippen molar-refractivity contribution in [3.8, 4) is 0 Å². The van der Waals surface area contributed by atoms with E-state index in [0.29, 0.717) is 5.92 Å². The molecule has 0 N–H and O–H groups in total. The second-order valence-corrected chi connectivity index (χ2v) is 7.04. The van der Waals surface area contributed by atoms with Gasteiger partial charge in [0.1, 0.15) is 6.17 Å². The molecule has 0 bridgehead atoms. The lowest BCUT2D eigenvalue weighted by atomic mass is 10.1. The van der Waals surface area contributed by atoms with Crippen molar-refractivity contribution < 1.29 is 0 Å². The van der Waals surface area contributed by atoms with Crippen LogP contribution in [0.2, 0.25) is 0 Å². The largest absolute Gasteiger partial charge is 0.325 e. The van der Waals surface area contributed by atoms with Gasteiger partial charge in [0.2, 0.25) is 0 Å². The zero-order valence-corrected chi connectivity index (χ0v) is 15.5. The Morgan fingerprint density at radius 1 is 0.958 bits per heavy atom. The van der Waals surface area contributed by atoms with Crippen molar-refractivity contribution in [2.45, 2.75) is 53.6 Å². The number of hydrogen-bond acceptors (Lipinski definition) is 3. The van der Waals surface area contributed by atoms with Crippen molar-refractivity contribution in [2.24, 2.45) is 0 Å². The summed E-state index contributed by atoms with van der Waals surface area (Å²) < 4.78 is 0. The Bertz CT molecular complexity index is 756. The molecule has 0 saturated heterocycles. The number of aryl methyl sites for hydroxylation is 3. The molecule has 0 radical (unpaired) electrons. The van der Waals surface area contributed by atoms with Crippen LogP contribution in [-0.2, 0) is 0 Å². The van der Waals surface area contributed by atoms with Crippen molar-refractivity contribution >= 4 is 11.4 Å². The third-order valence-electron chi connectivity index (χ3n) is 4.86. The Morgan fingerprint density at radius 2 is 1.58 bits per heavy atom. The molecule has 1 aliphatic heterocycles. The van der Waals surface area contributed by atoms with Gasteiger partial charge < -0.3 is 9.80 Å². The normalized spacial score (nSPS) is 17.2. The van der Waals surface area contributed by atoms with Crippen LogP contribution in [0.3, 0.4) is 0 Å². The van der Waals surface area contributed by atoms with Crippen molar-refractivity contribution in [1.82, 2.24) is 4.98 Å². The molecule has 2 aromatic rings. The van der Waals surface area contributed by atoms with Crippen LogP contribution < -0.4 is 9.80 Å². The Kier molecular flexibility index (Phi) is 4.35. The Morgan fingerprint density at radius 3 is 2.17 bits per heavy atom. The summed E-state index contributed by atoms with van der Waals surface area (Å²) in [4.78, 5) is 9.31. The minimum absolute atomic E-state index is 0.232. The molecule has 0 unspecified atom stereocenters. The van der Waals surface area contributed by atoms with E-state index in [1.54, 1.807) is 0 Å². The maximum atomic E-state index is 4.66. The molecule has 1 aromatic carbocycles. The first-order valence-corrected chi connectivity index (χ1v) is 8.68. The summed E-state index contributed by atoms with van der Waals surface area (Å²) in [7, 11) is 0. The highest BCUT2D eigenvalue weighted by atomic mass is 15.4. The molecule has 0 amide bonds. The molecule has 0 spiro atoms. The maximum Gasteiger partial charge on any atom is 0.107 e. The number of aromatic nitrogens is 1. The summed E-state index contributed by atoms with van der Waals surface area (Å²) in [5.41, 5.74) is 7.51. The van der Waals surface area contributed by atoms with Gasteiger partial charge in [-0.05, 0) is 56.4 Å². The van der Waals surface area contributed by atoms with Crippen LogP contribution in [0, 0.1) is 20.8 Å². The molecule has 3 nitrogen and oxygen atoms in total. The fourth-order valence-electron chi connectivity index (χ4n) is 3.44. The lowest BCUT2D eigenvalue weighted by Gasteiger charge is -2.32. The predicted octanol–water partition coefficient (Wildman–Crippen LogP) is 5.27. The molecule has 126 valence electrons. The van der Waals surface area contributed by atoms with Gasteiger partial charge in [-0.3, -0.25) is 4.98 Å². The van der Waals surface area contributed by atoms with E-state index in [0.717, 1.165) is 5.69 Å². The molecule has 3 heteroatoms. The van der Waals surface area contributed by atoms with E-state index in [1.807, 2.05) is 6.20 Å². The molecule has 0 aliphatic carbocycles. The average molecular weight is 321 g/mol. The minimum Gasteiger partial charge on any atom is -0.325 e. The summed E-state index contributed by atoms with van der Waals surface area (Å²) in [6.45, 7) is 13.1. The van der Waals surface area contributed by atoms with Crippen molar-refractivity contribution in [1.29, 1.82) is 0 Å². The number of nitrogens with zero attached hydrogens (tertiary/aromatic N) is 3. The first-order chi connectivity index (χ1) is 11.4. The molecule has 0 fully saturated rings. The third-order valence-corrected chi connectivity index (χ3v) is 4.86. The number of rotatable bonds is 3. The molecule has 1 aliphatic rings. The van der Waals surface area contributed by atoms with E-state index in [-0.39, 0.29) is 6.17 Å². The minimum atomic E-state index is 0.232. The molecule has 2 heterocycles. The average Bonchev–Trinajstić information content (AvgIpc) is 2.89. The summed E-state index contributed by atoms with van der Waals surface area (Å²) >= 11 is 0. The monoisotopic (exact) mass is 321 g/mol. The van der Waals surface area contributed by atoms with E-state index < -0.39 is 0 Å². The first-order valence-electron chi connectivity index (χ1n) is 8.68. The Balaban J connectivity index is 1.93. The number of anilines is 2. The standard InChI is InChI=1S/C21H27N3/c1-14(2)19-12-17(5)20(13-22-19)23-10-11-24(18(23)6)21-15(3)8-7-9-16(21)4/h7-14,18H,1-6H3/t18-/m0/s1. The summed E-state index contributed by atoms with van der Waals surface area (Å²) in [6, 6.07) is 8.68. The fraction of sp³-hybridized carbons (Fsp3) is 0.381. The highest BCUT2D eigenvalue weighted by Crippen LogP contribution is 2.34. The second-order valence-electron chi connectivity index (χ2n) is 7.04. The van der Waals surface area contributed by atoms with Crippen LogP contribution in [-0.4, -0.2) is 11.1 Å². The molecular weight excluding hydrogens is 294 g/mol. The van der Waals surface area contributed by atoms with E-state index in [1.165, 1.54) is 28.1 Å². The van der Waals surface area contributed by atoms with Gasteiger partial charge in [-0.25, -0.2) is 0 Å². The summed E-state index contributed by atoms with van der Waals surface area (Å²) in [5.74, 6) is 0.454. The third kappa shape index (κ3) is 2.79. The SMILES string of the molecule is Cc1cc(C(C)C)ncc1N1C=CN(c2c(C)cccc2C)[C@H]1C. The summed E-state index contributed by atoms with van der Waals surface area (Å²) in [5, 5.41) is 0. The smallest absolute Gasteiger partial charge is 0.107 e. The summed E-state index contributed by atoms with van der Waals surface area (Å²) in [6.07, 6.45) is 6.58. The zero-order chi connectivity index (χ0) is 17.4. The highest BCUT2D eigenvalue weighted by molar-refractivity contribution is 5.67. The van der Waals surface area contributed by atoms with Gasteiger partial charge in [-0.1, -0.05) is 32.0 Å². The molecule has 1 aromatic heterocycles. The lowest BCUT2D eigenvalue weighted by molar-refractivity contribution is 0.740. The van der Waals surface area contributed by atoms with Gasteiger partial charge in [0.15, 0.2) is 0 Å². The van der Waals surface area contributed by atoms with Crippen LogP contribution >= 0.6 is 0 Å². The highest BCUT2D eigenvalue weighted by Gasteiger charge is 2.27. The molecule has 1 atom stereocenters. The van der Waals surface area contributed by atoms with Gasteiger partial charge in [0, 0.05) is 23.8 Å². The number of para-hydroxylation sites is 1. The van der Waals surface area contributed by atoms with E-state index in [2.05, 4.69) is 93.0 Å². The van der Waals surface area contributed by atoms with E-state index >= 15 is 0 Å². The van der Waals surface area contributed by atoms with Crippen LogP contribution in [0.25, 0.3) is 0 Å². The van der Waals surface area contributed by atoms with Crippen molar-refractivity contribution in [3.63, 3.8) is 0 Å². The van der Waals surface area contributed by atoms with Gasteiger partial charge >= 0.3 is 0 Å². The topological polar surface area (TPSA) is 19.4 Å². The first kappa shape index (κ1) is 16.6. The Hall–Kier alpha value is -2.29. The number of pyridine rings is 1. The second kappa shape index (κ2) is 6.31. The molecule has 3 rings (SSSR count). The van der Waals surface area contributed by atoms with Gasteiger partial charge in [-0.15, -0.1) is 0 Å². The van der Waals surface area contributed by atoms with Crippen LogP contribution in [0.5, 0.6) is 0 Å². The van der Waals surface area contributed by atoms with Crippen molar-refractivity contribution in [3.05, 3.63) is 65.2 Å². The quantitative estimate of drug-likeness (QED) is 0.767. The van der Waals surface area contributed by atoms with E-state index in [4.69, 9.17) is 0 Å². The van der Waals surface area contributed by atoms with Gasteiger partial charge in [0.25, 0.3) is 0 Å². The zero-order valence-electron chi connectivity index (χ0n) is 15.5. The molecule has 0 saturated carbocycles. The maximum absolute atomic E-state index is 4.66. The van der Waals surface area contributed by atoms with Gasteiger partial charge in [0.05, 0.1) is 11.9 Å².